The SMILES string of the molecule is CCOc1cc(/C=C2/NC(=O)N(Cc3ccccc3F)C2=O)cc(Br)c1O. The van der Waals surface area contributed by atoms with Gasteiger partial charge in [0, 0.05) is 5.56 Å². The summed E-state index contributed by atoms with van der Waals surface area (Å²) >= 11 is 3.22. The molecule has 2 aromatic rings. The van der Waals surface area contributed by atoms with Crippen LogP contribution in [0, 0.1) is 5.82 Å². The highest BCUT2D eigenvalue weighted by atomic mass is 79.9. The van der Waals surface area contributed by atoms with Crippen molar-refractivity contribution in [3.63, 3.8) is 0 Å². The van der Waals surface area contributed by atoms with E-state index in [0.29, 0.717) is 16.6 Å². The third-order valence-electron chi connectivity index (χ3n) is 3.91. The van der Waals surface area contributed by atoms with Crippen molar-refractivity contribution in [1.29, 1.82) is 0 Å². The van der Waals surface area contributed by atoms with Crippen LogP contribution in [0.5, 0.6) is 11.5 Å². The van der Waals surface area contributed by atoms with Crippen molar-refractivity contribution < 1.29 is 23.8 Å². The molecule has 1 heterocycles. The Morgan fingerprint density at radius 2 is 2.04 bits per heavy atom. The molecule has 1 saturated heterocycles. The number of carbonyl (C=O) groups is 2. The van der Waals surface area contributed by atoms with Gasteiger partial charge >= 0.3 is 6.03 Å². The smallest absolute Gasteiger partial charge is 0.329 e. The number of amides is 3. The molecular formula is C19H16BrFN2O4. The number of hydrogen-bond donors (Lipinski definition) is 2. The van der Waals surface area contributed by atoms with Crippen molar-refractivity contribution >= 4 is 33.9 Å². The van der Waals surface area contributed by atoms with Crippen LogP contribution in [-0.4, -0.2) is 28.6 Å². The van der Waals surface area contributed by atoms with Crippen LogP contribution in [0.3, 0.4) is 0 Å². The Morgan fingerprint density at radius 3 is 2.74 bits per heavy atom. The number of rotatable bonds is 5. The van der Waals surface area contributed by atoms with Crippen LogP contribution in [0.1, 0.15) is 18.1 Å². The molecule has 27 heavy (non-hydrogen) atoms. The minimum Gasteiger partial charge on any atom is -0.503 e. The number of nitrogens with one attached hydrogen (secondary N) is 1. The second-order valence-electron chi connectivity index (χ2n) is 5.75. The van der Waals surface area contributed by atoms with E-state index in [-0.39, 0.29) is 29.3 Å². The van der Waals surface area contributed by atoms with Crippen LogP contribution in [0.15, 0.2) is 46.6 Å². The summed E-state index contributed by atoms with van der Waals surface area (Å²) in [5.41, 5.74) is 0.837. The highest BCUT2D eigenvalue weighted by molar-refractivity contribution is 9.10. The normalized spacial score (nSPS) is 15.4. The average molecular weight is 435 g/mol. The van der Waals surface area contributed by atoms with Crippen molar-refractivity contribution in [3.8, 4) is 11.5 Å². The van der Waals surface area contributed by atoms with Crippen molar-refractivity contribution in [2.24, 2.45) is 0 Å². The van der Waals surface area contributed by atoms with Crippen LogP contribution >= 0.6 is 15.9 Å². The van der Waals surface area contributed by atoms with E-state index < -0.39 is 17.8 Å². The molecule has 2 N–H and O–H groups in total. The average Bonchev–Trinajstić information content (AvgIpc) is 2.88. The summed E-state index contributed by atoms with van der Waals surface area (Å²) in [6, 6.07) is 8.47. The quantitative estimate of drug-likeness (QED) is 0.554. The molecule has 0 atom stereocenters. The Kier molecular flexibility index (Phi) is 5.46. The van der Waals surface area contributed by atoms with Crippen molar-refractivity contribution in [1.82, 2.24) is 10.2 Å². The summed E-state index contributed by atoms with van der Waals surface area (Å²) in [6.45, 7) is 1.96. The molecule has 0 saturated carbocycles. The molecule has 1 aliphatic heterocycles. The van der Waals surface area contributed by atoms with Gasteiger partial charge < -0.3 is 15.2 Å². The lowest BCUT2D eigenvalue weighted by Crippen LogP contribution is -2.30. The number of halogens is 2. The lowest BCUT2D eigenvalue weighted by Gasteiger charge is -2.12. The van der Waals surface area contributed by atoms with Crippen LogP contribution < -0.4 is 10.1 Å². The first kappa shape index (κ1) is 18.9. The molecule has 0 bridgehead atoms. The summed E-state index contributed by atoms with van der Waals surface area (Å²) in [5, 5.41) is 12.5. The minimum atomic E-state index is -0.627. The molecule has 3 amide bonds. The van der Waals surface area contributed by atoms with Gasteiger partial charge in [-0.2, -0.15) is 0 Å². The van der Waals surface area contributed by atoms with Gasteiger partial charge in [-0.1, -0.05) is 18.2 Å². The molecule has 0 aromatic heterocycles. The molecule has 0 aliphatic carbocycles. The Morgan fingerprint density at radius 1 is 1.30 bits per heavy atom. The number of phenolic OH excluding ortho intramolecular Hbond substituents is 1. The first-order chi connectivity index (χ1) is 12.9. The molecule has 3 rings (SSSR count). The van der Waals surface area contributed by atoms with E-state index in [9.17, 15) is 19.1 Å². The number of urea groups is 1. The van der Waals surface area contributed by atoms with E-state index in [2.05, 4.69) is 21.2 Å². The molecule has 140 valence electrons. The van der Waals surface area contributed by atoms with Gasteiger partial charge in [0.25, 0.3) is 5.91 Å². The molecular weight excluding hydrogens is 419 g/mol. The Balaban J connectivity index is 1.87. The van der Waals surface area contributed by atoms with Gasteiger partial charge in [-0.25, -0.2) is 9.18 Å². The molecule has 0 radical (unpaired) electrons. The first-order valence-corrected chi connectivity index (χ1v) is 8.93. The fourth-order valence-corrected chi connectivity index (χ4v) is 3.08. The monoisotopic (exact) mass is 434 g/mol. The van der Waals surface area contributed by atoms with E-state index in [1.165, 1.54) is 24.3 Å². The summed E-state index contributed by atoms with van der Waals surface area (Å²) in [7, 11) is 0. The zero-order valence-electron chi connectivity index (χ0n) is 14.3. The number of aromatic hydroxyl groups is 1. The second kappa shape index (κ2) is 7.79. The maximum atomic E-state index is 13.8. The standard InChI is InChI=1S/C19H16BrFN2O4/c1-2-27-16-9-11(7-13(20)17(16)24)8-15-18(25)23(19(26)22-15)10-12-5-3-4-6-14(12)21/h3-9,24H,2,10H2,1H3,(H,22,26)/b15-8+. The number of phenols is 1. The third-order valence-corrected chi connectivity index (χ3v) is 4.51. The fourth-order valence-electron chi connectivity index (χ4n) is 2.62. The fraction of sp³-hybridized carbons (Fsp3) is 0.158. The number of ether oxygens (including phenoxy) is 1. The minimum absolute atomic E-state index is 0.0522. The maximum absolute atomic E-state index is 13.8. The third kappa shape index (κ3) is 3.95. The molecule has 0 unspecified atom stereocenters. The van der Waals surface area contributed by atoms with E-state index in [1.807, 2.05) is 0 Å². The largest absolute Gasteiger partial charge is 0.503 e. The van der Waals surface area contributed by atoms with Crippen LogP contribution in [0.2, 0.25) is 0 Å². The summed E-state index contributed by atoms with van der Waals surface area (Å²) in [4.78, 5) is 25.6. The molecule has 8 heteroatoms. The number of nitrogens with zero attached hydrogens (tertiary/aromatic N) is 1. The topological polar surface area (TPSA) is 78.9 Å². The van der Waals surface area contributed by atoms with Crippen LogP contribution in [0.4, 0.5) is 9.18 Å². The number of benzene rings is 2. The van der Waals surface area contributed by atoms with Crippen molar-refractivity contribution in [2.45, 2.75) is 13.5 Å². The molecule has 1 aliphatic rings. The zero-order valence-corrected chi connectivity index (χ0v) is 15.9. The predicted octanol–water partition coefficient (Wildman–Crippen LogP) is 3.79. The summed E-state index contributed by atoms with van der Waals surface area (Å²) in [6.07, 6.45) is 1.47. The van der Waals surface area contributed by atoms with Gasteiger partial charge in [0.15, 0.2) is 11.5 Å². The molecule has 0 spiro atoms. The number of hydrogen-bond acceptors (Lipinski definition) is 4. The number of carbonyl (C=O) groups excluding carboxylic acids is 2. The highest BCUT2D eigenvalue weighted by Gasteiger charge is 2.34. The van der Waals surface area contributed by atoms with E-state index in [4.69, 9.17) is 4.74 Å². The Labute approximate surface area is 163 Å². The second-order valence-corrected chi connectivity index (χ2v) is 6.61. The maximum Gasteiger partial charge on any atom is 0.329 e. The summed E-state index contributed by atoms with van der Waals surface area (Å²) < 4.78 is 19.6. The molecule has 2 aromatic carbocycles. The number of imide groups is 1. The summed E-state index contributed by atoms with van der Waals surface area (Å²) in [5.74, 6) is -0.856. The van der Waals surface area contributed by atoms with Gasteiger partial charge in [0.1, 0.15) is 11.5 Å². The van der Waals surface area contributed by atoms with Gasteiger partial charge in [-0.3, -0.25) is 9.69 Å². The van der Waals surface area contributed by atoms with Gasteiger partial charge in [-0.05, 0) is 52.7 Å². The zero-order chi connectivity index (χ0) is 19.6. The van der Waals surface area contributed by atoms with E-state index >= 15 is 0 Å². The van der Waals surface area contributed by atoms with Gasteiger partial charge in [0.05, 0.1) is 17.6 Å². The highest BCUT2D eigenvalue weighted by Crippen LogP contribution is 2.36. The van der Waals surface area contributed by atoms with Crippen LogP contribution in [0.25, 0.3) is 6.08 Å². The first-order valence-electron chi connectivity index (χ1n) is 8.14. The molecule has 1 fully saturated rings. The van der Waals surface area contributed by atoms with Crippen molar-refractivity contribution in [2.75, 3.05) is 6.61 Å². The lowest BCUT2D eigenvalue weighted by molar-refractivity contribution is -0.123. The van der Waals surface area contributed by atoms with Gasteiger partial charge in [-0.15, -0.1) is 0 Å². The Bertz CT molecular complexity index is 945. The Hall–Kier alpha value is -2.87. The van der Waals surface area contributed by atoms with Gasteiger partial charge in [0.2, 0.25) is 0 Å². The predicted molar refractivity (Wildman–Crippen MR) is 100 cm³/mol. The lowest BCUT2D eigenvalue weighted by atomic mass is 10.1. The van der Waals surface area contributed by atoms with E-state index in [1.54, 1.807) is 25.1 Å². The van der Waals surface area contributed by atoms with Crippen molar-refractivity contribution in [3.05, 3.63) is 63.5 Å². The van der Waals surface area contributed by atoms with Crippen LogP contribution in [-0.2, 0) is 11.3 Å². The molecule has 6 nitrogen and oxygen atoms in total. The van der Waals surface area contributed by atoms with E-state index in [0.717, 1.165) is 4.90 Å².